The van der Waals surface area contributed by atoms with Crippen molar-refractivity contribution in [1.29, 1.82) is 0 Å². The SMILES string of the molecule is O=C(O)c1cc(I)c(O)cc1O. The monoisotopic (exact) mass is 280 g/mol. The van der Waals surface area contributed by atoms with Crippen LogP contribution in [0.3, 0.4) is 0 Å². The number of hydrogen-bond acceptors (Lipinski definition) is 3. The second kappa shape index (κ2) is 3.18. The zero-order chi connectivity index (χ0) is 9.30. The average molecular weight is 280 g/mol. The highest BCUT2D eigenvalue weighted by atomic mass is 127. The standard InChI is InChI=1S/C7H5IO4/c8-4-1-3(7(11)12)5(9)2-6(4)10/h1-2,9-10H,(H,11,12). The molecule has 0 amide bonds. The summed E-state index contributed by atoms with van der Waals surface area (Å²) >= 11 is 1.78. The molecule has 64 valence electrons. The van der Waals surface area contributed by atoms with E-state index in [9.17, 15) is 4.79 Å². The van der Waals surface area contributed by atoms with E-state index in [1.807, 2.05) is 0 Å². The molecule has 0 unspecified atom stereocenters. The number of phenolic OH excluding ortho intramolecular Hbond substituents is 1. The Morgan fingerprint density at radius 3 is 2.33 bits per heavy atom. The molecule has 0 spiro atoms. The van der Waals surface area contributed by atoms with Gasteiger partial charge in [-0.3, -0.25) is 0 Å². The fraction of sp³-hybridized carbons (Fsp3) is 0. The normalized spacial score (nSPS) is 9.75. The van der Waals surface area contributed by atoms with Gasteiger partial charge in [-0.05, 0) is 28.7 Å². The average Bonchev–Trinajstić information content (AvgIpc) is 1.96. The van der Waals surface area contributed by atoms with Crippen LogP contribution in [0.15, 0.2) is 12.1 Å². The third kappa shape index (κ3) is 1.60. The lowest BCUT2D eigenvalue weighted by molar-refractivity contribution is 0.0693. The first-order chi connectivity index (χ1) is 5.52. The van der Waals surface area contributed by atoms with Crippen LogP contribution in [-0.2, 0) is 0 Å². The minimum Gasteiger partial charge on any atom is -0.507 e. The van der Waals surface area contributed by atoms with Gasteiger partial charge < -0.3 is 15.3 Å². The van der Waals surface area contributed by atoms with Crippen molar-refractivity contribution in [3.8, 4) is 11.5 Å². The zero-order valence-corrected chi connectivity index (χ0v) is 7.94. The first-order valence-corrected chi connectivity index (χ1v) is 4.05. The maximum Gasteiger partial charge on any atom is 0.339 e. The summed E-state index contributed by atoms with van der Waals surface area (Å²) in [5.74, 6) is -1.77. The third-order valence-electron chi connectivity index (χ3n) is 1.30. The Bertz CT molecular complexity index is 334. The topological polar surface area (TPSA) is 77.8 Å². The van der Waals surface area contributed by atoms with Gasteiger partial charge in [0.05, 0.1) is 3.57 Å². The second-order valence-electron chi connectivity index (χ2n) is 2.13. The summed E-state index contributed by atoms with van der Waals surface area (Å²) in [5, 5.41) is 26.6. The van der Waals surface area contributed by atoms with E-state index in [4.69, 9.17) is 15.3 Å². The summed E-state index contributed by atoms with van der Waals surface area (Å²) < 4.78 is 0.391. The predicted molar refractivity (Wildman–Crippen MR) is 49.4 cm³/mol. The molecule has 0 bridgehead atoms. The van der Waals surface area contributed by atoms with Gasteiger partial charge in [0.15, 0.2) is 0 Å². The zero-order valence-electron chi connectivity index (χ0n) is 5.78. The second-order valence-corrected chi connectivity index (χ2v) is 3.29. The summed E-state index contributed by atoms with van der Waals surface area (Å²) in [5.41, 5.74) is -0.211. The van der Waals surface area contributed by atoms with Crippen LogP contribution in [0.2, 0.25) is 0 Å². The molecule has 3 N–H and O–H groups in total. The smallest absolute Gasteiger partial charge is 0.339 e. The molecule has 1 rings (SSSR count). The Morgan fingerprint density at radius 2 is 1.83 bits per heavy atom. The maximum absolute atomic E-state index is 10.4. The van der Waals surface area contributed by atoms with Crippen LogP contribution in [0.1, 0.15) is 10.4 Å². The lowest BCUT2D eigenvalue weighted by atomic mass is 10.2. The molecule has 0 radical (unpaired) electrons. The molecule has 5 heteroatoms. The highest BCUT2D eigenvalue weighted by Gasteiger charge is 2.12. The molecule has 0 heterocycles. The van der Waals surface area contributed by atoms with E-state index in [1.54, 1.807) is 22.6 Å². The molecule has 0 saturated heterocycles. The summed E-state index contributed by atoms with van der Waals surface area (Å²) in [7, 11) is 0. The molecule has 1 aromatic rings. The van der Waals surface area contributed by atoms with Crippen molar-refractivity contribution < 1.29 is 20.1 Å². The highest BCUT2D eigenvalue weighted by Crippen LogP contribution is 2.28. The number of rotatable bonds is 1. The number of carbonyl (C=O) groups is 1. The summed E-state index contributed by atoms with van der Waals surface area (Å²) in [4.78, 5) is 10.4. The van der Waals surface area contributed by atoms with Crippen LogP contribution < -0.4 is 0 Å². The van der Waals surface area contributed by atoms with Crippen molar-refractivity contribution in [2.24, 2.45) is 0 Å². The Labute approximate surface area is 81.6 Å². The van der Waals surface area contributed by atoms with Gasteiger partial charge in [0.25, 0.3) is 0 Å². The van der Waals surface area contributed by atoms with Gasteiger partial charge in [0, 0.05) is 6.07 Å². The fourth-order valence-corrected chi connectivity index (χ4v) is 1.19. The lowest BCUT2D eigenvalue weighted by Crippen LogP contribution is -1.97. The number of aromatic hydroxyl groups is 2. The molecule has 0 atom stereocenters. The Hall–Kier alpha value is -0.980. The number of hydrogen-bond donors (Lipinski definition) is 3. The number of halogens is 1. The van der Waals surface area contributed by atoms with Crippen molar-refractivity contribution in [1.82, 2.24) is 0 Å². The lowest BCUT2D eigenvalue weighted by Gasteiger charge is -2.01. The van der Waals surface area contributed by atoms with Gasteiger partial charge in [-0.25, -0.2) is 4.79 Å². The molecule has 0 aromatic heterocycles. The number of carboxylic acid groups (broad SMARTS) is 1. The van der Waals surface area contributed by atoms with E-state index in [-0.39, 0.29) is 11.3 Å². The molecule has 12 heavy (non-hydrogen) atoms. The minimum absolute atomic E-state index is 0.127. The molecular weight excluding hydrogens is 275 g/mol. The number of benzene rings is 1. The highest BCUT2D eigenvalue weighted by molar-refractivity contribution is 14.1. The number of phenols is 2. The Morgan fingerprint density at radius 1 is 1.25 bits per heavy atom. The molecule has 0 aliphatic rings. The Kier molecular flexibility index (Phi) is 2.41. The van der Waals surface area contributed by atoms with Gasteiger partial charge in [-0.2, -0.15) is 0 Å². The third-order valence-corrected chi connectivity index (χ3v) is 2.16. The summed E-state index contributed by atoms with van der Waals surface area (Å²) in [6.45, 7) is 0. The van der Waals surface area contributed by atoms with Crippen LogP contribution in [0, 0.1) is 3.57 Å². The molecule has 4 nitrogen and oxygen atoms in total. The van der Waals surface area contributed by atoms with Gasteiger partial charge >= 0.3 is 5.97 Å². The first kappa shape index (κ1) is 9.11. The first-order valence-electron chi connectivity index (χ1n) is 2.97. The van der Waals surface area contributed by atoms with Crippen molar-refractivity contribution in [3.05, 3.63) is 21.3 Å². The van der Waals surface area contributed by atoms with Gasteiger partial charge in [0.1, 0.15) is 17.1 Å². The van der Waals surface area contributed by atoms with E-state index in [1.165, 1.54) is 6.07 Å². The van der Waals surface area contributed by atoms with E-state index in [2.05, 4.69) is 0 Å². The molecule has 0 fully saturated rings. The van der Waals surface area contributed by atoms with Crippen molar-refractivity contribution in [2.75, 3.05) is 0 Å². The van der Waals surface area contributed by atoms with Crippen LogP contribution in [-0.4, -0.2) is 21.3 Å². The van der Waals surface area contributed by atoms with E-state index >= 15 is 0 Å². The van der Waals surface area contributed by atoms with Gasteiger partial charge in [0.2, 0.25) is 0 Å². The van der Waals surface area contributed by atoms with E-state index in [0.717, 1.165) is 6.07 Å². The molecule has 1 aromatic carbocycles. The van der Waals surface area contributed by atoms with Crippen LogP contribution in [0.5, 0.6) is 11.5 Å². The molecular formula is C7H5IO4. The largest absolute Gasteiger partial charge is 0.507 e. The molecule has 0 saturated carbocycles. The van der Waals surface area contributed by atoms with E-state index < -0.39 is 11.7 Å². The van der Waals surface area contributed by atoms with Crippen LogP contribution in [0.25, 0.3) is 0 Å². The maximum atomic E-state index is 10.4. The molecule has 0 aliphatic carbocycles. The fourth-order valence-electron chi connectivity index (χ4n) is 0.722. The van der Waals surface area contributed by atoms with E-state index in [0.29, 0.717) is 3.57 Å². The minimum atomic E-state index is -1.22. The predicted octanol–water partition coefficient (Wildman–Crippen LogP) is 1.40. The quantitative estimate of drug-likeness (QED) is 0.679. The van der Waals surface area contributed by atoms with Crippen LogP contribution in [0.4, 0.5) is 0 Å². The van der Waals surface area contributed by atoms with Gasteiger partial charge in [-0.1, -0.05) is 0 Å². The van der Waals surface area contributed by atoms with Crippen molar-refractivity contribution in [2.45, 2.75) is 0 Å². The van der Waals surface area contributed by atoms with Crippen molar-refractivity contribution in [3.63, 3.8) is 0 Å². The summed E-state index contributed by atoms with van der Waals surface area (Å²) in [6, 6.07) is 2.21. The van der Waals surface area contributed by atoms with Crippen LogP contribution >= 0.6 is 22.6 Å². The van der Waals surface area contributed by atoms with Crippen molar-refractivity contribution >= 4 is 28.6 Å². The number of aromatic carboxylic acids is 1. The van der Waals surface area contributed by atoms with Gasteiger partial charge in [-0.15, -0.1) is 0 Å². The Balaban J connectivity index is 3.33. The number of carboxylic acids is 1. The summed E-state index contributed by atoms with van der Waals surface area (Å²) in [6.07, 6.45) is 0. The molecule has 0 aliphatic heterocycles.